The van der Waals surface area contributed by atoms with E-state index in [1.54, 1.807) is 0 Å². The summed E-state index contributed by atoms with van der Waals surface area (Å²) in [7, 11) is -2.73. The molecule has 14 heavy (non-hydrogen) atoms. The van der Waals surface area contributed by atoms with Gasteiger partial charge in [0, 0.05) is 12.1 Å². The lowest BCUT2D eigenvalue weighted by atomic mass is 10.1. The van der Waals surface area contributed by atoms with Crippen LogP contribution in [0.2, 0.25) is 5.54 Å². The van der Waals surface area contributed by atoms with E-state index in [2.05, 4.69) is 0 Å². The molecule has 2 aliphatic rings. The van der Waals surface area contributed by atoms with Crippen LogP contribution < -0.4 is 0 Å². The van der Waals surface area contributed by atoms with Gasteiger partial charge in [0.05, 0.1) is 6.10 Å². The van der Waals surface area contributed by atoms with Crippen LogP contribution >= 0.6 is 0 Å². The van der Waals surface area contributed by atoms with Crippen molar-refractivity contribution in [2.75, 3.05) is 6.61 Å². The van der Waals surface area contributed by atoms with Crippen molar-refractivity contribution >= 4 is 8.80 Å². The molecular weight excluding hydrogens is 204 g/mol. The van der Waals surface area contributed by atoms with E-state index in [0.29, 0.717) is 13.0 Å². The quantitative estimate of drug-likeness (QED) is 0.602. The maximum absolute atomic E-state index is 9.55. The van der Waals surface area contributed by atoms with E-state index in [0.717, 1.165) is 0 Å². The van der Waals surface area contributed by atoms with E-state index in [-0.39, 0.29) is 11.6 Å². The molecule has 2 rings (SSSR count). The number of fused-ring (bicyclic) bond motifs is 2. The van der Waals surface area contributed by atoms with Crippen molar-refractivity contribution in [3.8, 4) is 0 Å². The van der Waals surface area contributed by atoms with Crippen LogP contribution in [0.4, 0.5) is 0 Å². The molecule has 0 radical (unpaired) electrons. The Morgan fingerprint density at radius 2 is 2.00 bits per heavy atom. The zero-order chi connectivity index (χ0) is 10.3. The summed E-state index contributed by atoms with van der Waals surface area (Å²) < 4.78 is 16.5. The largest absolute Gasteiger partial charge is 0.506 e. The van der Waals surface area contributed by atoms with Crippen LogP contribution in [0.25, 0.3) is 0 Å². The molecule has 0 spiro atoms. The highest BCUT2D eigenvalue weighted by atomic mass is 28.4. The molecule has 0 aromatic rings. The second-order valence-corrected chi connectivity index (χ2v) is 7.17. The zero-order valence-electron chi connectivity index (χ0n) is 8.34. The Labute approximate surface area is 84.0 Å². The molecule has 2 heterocycles. The molecule has 2 N–H and O–H groups in total. The molecule has 2 fully saturated rings. The number of rotatable bonds is 1. The third-order valence-electron chi connectivity index (χ3n) is 2.69. The SMILES string of the molecule is CC(C)[Si]12OCCC(O1)C(O)C(O)O2. The van der Waals surface area contributed by atoms with Crippen molar-refractivity contribution in [3.63, 3.8) is 0 Å². The lowest BCUT2D eigenvalue weighted by molar-refractivity contribution is -0.227. The third-order valence-corrected chi connectivity index (χ3v) is 5.91. The van der Waals surface area contributed by atoms with Gasteiger partial charge in [-0.05, 0) is 6.42 Å². The predicted octanol–water partition coefficient (Wildman–Crippen LogP) is -0.150. The van der Waals surface area contributed by atoms with Gasteiger partial charge in [-0.15, -0.1) is 0 Å². The maximum atomic E-state index is 9.55. The fourth-order valence-electron chi connectivity index (χ4n) is 1.78. The highest BCUT2D eigenvalue weighted by Gasteiger charge is 2.57. The molecule has 4 unspecified atom stereocenters. The van der Waals surface area contributed by atoms with Crippen LogP contribution in [0.1, 0.15) is 20.3 Å². The highest BCUT2D eigenvalue weighted by Crippen LogP contribution is 2.37. The molecule has 2 aliphatic heterocycles. The van der Waals surface area contributed by atoms with Crippen LogP contribution in [0.5, 0.6) is 0 Å². The first kappa shape index (κ1) is 10.5. The van der Waals surface area contributed by atoms with Gasteiger partial charge in [0.1, 0.15) is 6.10 Å². The molecule has 0 saturated carbocycles. The molecule has 5 nitrogen and oxygen atoms in total. The minimum absolute atomic E-state index is 0.104. The van der Waals surface area contributed by atoms with E-state index in [1.807, 2.05) is 13.8 Å². The molecule has 82 valence electrons. The molecule has 0 aromatic carbocycles. The number of aliphatic hydroxyl groups excluding tert-OH is 2. The maximum Gasteiger partial charge on any atom is 0.506 e. The van der Waals surface area contributed by atoms with Gasteiger partial charge in [-0.3, -0.25) is 0 Å². The Balaban J connectivity index is 2.19. The molecule has 0 amide bonds. The summed E-state index contributed by atoms with van der Waals surface area (Å²) in [5.74, 6) is 0. The van der Waals surface area contributed by atoms with E-state index < -0.39 is 21.2 Å². The van der Waals surface area contributed by atoms with Crippen LogP contribution in [0.15, 0.2) is 0 Å². The molecule has 0 aromatic heterocycles. The van der Waals surface area contributed by atoms with E-state index in [4.69, 9.17) is 13.3 Å². The second kappa shape index (κ2) is 3.55. The summed E-state index contributed by atoms with van der Waals surface area (Å²) in [6.45, 7) is 4.43. The molecule has 2 saturated heterocycles. The summed E-state index contributed by atoms with van der Waals surface area (Å²) in [5, 5.41) is 19.1. The molecule has 6 heteroatoms. The smallest absolute Gasteiger partial charge is 0.385 e. The van der Waals surface area contributed by atoms with Crippen molar-refractivity contribution in [3.05, 3.63) is 0 Å². The number of hydrogen-bond donors (Lipinski definition) is 2. The second-order valence-electron chi connectivity index (χ2n) is 4.05. The van der Waals surface area contributed by atoms with Gasteiger partial charge in [-0.1, -0.05) is 13.8 Å². The summed E-state index contributed by atoms with van der Waals surface area (Å²) in [6.07, 6.45) is -1.83. The Morgan fingerprint density at radius 3 is 2.64 bits per heavy atom. The Hall–Kier alpha value is 0.0169. The summed E-state index contributed by atoms with van der Waals surface area (Å²) in [4.78, 5) is 0. The van der Waals surface area contributed by atoms with Crippen molar-refractivity contribution in [1.82, 2.24) is 0 Å². The molecular formula is C8H16O5Si. The number of aliphatic hydroxyl groups is 2. The fourth-order valence-corrected chi connectivity index (χ4v) is 4.41. The predicted molar refractivity (Wildman–Crippen MR) is 49.4 cm³/mol. The first-order valence-corrected chi connectivity index (χ1v) is 6.71. The average molecular weight is 220 g/mol. The summed E-state index contributed by atoms with van der Waals surface area (Å²) in [5.41, 5.74) is 0.104. The van der Waals surface area contributed by atoms with Crippen molar-refractivity contribution in [2.45, 2.75) is 44.3 Å². The van der Waals surface area contributed by atoms with Gasteiger partial charge < -0.3 is 23.5 Å². The van der Waals surface area contributed by atoms with Crippen LogP contribution in [0, 0.1) is 0 Å². The number of hydrogen-bond acceptors (Lipinski definition) is 5. The van der Waals surface area contributed by atoms with Crippen molar-refractivity contribution < 1.29 is 23.5 Å². The van der Waals surface area contributed by atoms with Gasteiger partial charge in [-0.25, -0.2) is 0 Å². The van der Waals surface area contributed by atoms with Gasteiger partial charge >= 0.3 is 8.80 Å². The lowest BCUT2D eigenvalue weighted by Gasteiger charge is -2.47. The van der Waals surface area contributed by atoms with E-state index in [9.17, 15) is 10.2 Å². The third kappa shape index (κ3) is 1.52. The van der Waals surface area contributed by atoms with Crippen LogP contribution in [0.3, 0.4) is 0 Å². The minimum atomic E-state index is -2.73. The van der Waals surface area contributed by atoms with Crippen LogP contribution in [-0.4, -0.2) is 44.1 Å². The Kier molecular flexibility index (Phi) is 2.67. The van der Waals surface area contributed by atoms with E-state index in [1.165, 1.54) is 0 Å². The van der Waals surface area contributed by atoms with Crippen molar-refractivity contribution in [2.24, 2.45) is 0 Å². The first-order valence-electron chi connectivity index (χ1n) is 4.91. The minimum Gasteiger partial charge on any atom is -0.385 e. The Morgan fingerprint density at radius 1 is 1.29 bits per heavy atom. The highest BCUT2D eigenvalue weighted by molar-refractivity contribution is 6.62. The standard InChI is InChI=1S/C8H16O5Si/c1-5(2)14-11-4-3-6(12-14)7(9)8(10)13-14/h5-10H,3-4H2,1-2H3. The normalized spacial score (nSPS) is 48.2. The van der Waals surface area contributed by atoms with Gasteiger partial charge in [0.15, 0.2) is 6.29 Å². The van der Waals surface area contributed by atoms with Gasteiger partial charge in [0.2, 0.25) is 0 Å². The van der Waals surface area contributed by atoms with Crippen LogP contribution in [-0.2, 0) is 13.3 Å². The molecule has 4 atom stereocenters. The van der Waals surface area contributed by atoms with Crippen molar-refractivity contribution in [1.29, 1.82) is 0 Å². The average Bonchev–Trinajstić information content (AvgIpc) is 2.15. The fraction of sp³-hybridized carbons (Fsp3) is 1.00. The molecule has 2 bridgehead atoms. The molecule has 0 aliphatic carbocycles. The van der Waals surface area contributed by atoms with Gasteiger partial charge in [-0.2, -0.15) is 0 Å². The summed E-state index contributed by atoms with van der Waals surface area (Å²) >= 11 is 0. The topological polar surface area (TPSA) is 68.2 Å². The summed E-state index contributed by atoms with van der Waals surface area (Å²) in [6, 6.07) is 0. The monoisotopic (exact) mass is 220 g/mol. The van der Waals surface area contributed by atoms with Gasteiger partial charge in [0.25, 0.3) is 0 Å². The Bertz CT molecular complexity index is 220. The lowest BCUT2D eigenvalue weighted by Crippen LogP contribution is -2.65. The first-order chi connectivity index (χ1) is 6.55. The van der Waals surface area contributed by atoms with E-state index >= 15 is 0 Å². The zero-order valence-corrected chi connectivity index (χ0v) is 9.34.